The van der Waals surface area contributed by atoms with Crippen LogP contribution in [0.25, 0.3) is 6.08 Å². The number of hydrogen-bond acceptors (Lipinski definition) is 2. The summed E-state index contributed by atoms with van der Waals surface area (Å²) in [6.45, 7) is 6.76. The van der Waals surface area contributed by atoms with Crippen LogP contribution in [-0.2, 0) is 4.74 Å². The van der Waals surface area contributed by atoms with Crippen molar-refractivity contribution in [2.45, 2.75) is 19.6 Å². The fraction of sp³-hybridized carbons (Fsp3) is 0.308. The Hall–Kier alpha value is -1.35. The van der Waals surface area contributed by atoms with Gasteiger partial charge in [-0.2, -0.15) is 0 Å². The Morgan fingerprint density at radius 1 is 1.25 bits per heavy atom. The summed E-state index contributed by atoms with van der Waals surface area (Å²) in [7, 11) is 0.164. The smallest absolute Gasteiger partial charge is 0.338 e. The molecule has 86 valence electrons. The average Bonchev–Trinajstić information content (AvgIpc) is 2.25. The minimum absolute atomic E-state index is 0.282. The molecule has 0 heterocycles. The molecule has 0 N–H and O–H groups in total. The molecule has 2 nitrogen and oxygen atoms in total. The first-order valence-electron chi connectivity index (χ1n) is 5.30. The van der Waals surface area contributed by atoms with Crippen molar-refractivity contribution >= 4 is 20.1 Å². The van der Waals surface area contributed by atoms with Crippen LogP contribution in [0.2, 0.25) is 19.6 Å². The molecule has 0 aliphatic carbocycles. The number of carbonyl (C=O) groups excluding carboxylic acids is 1. The van der Waals surface area contributed by atoms with Crippen molar-refractivity contribution < 1.29 is 9.53 Å². The lowest BCUT2D eigenvalue weighted by Gasteiger charge is -2.09. The number of benzene rings is 1. The van der Waals surface area contributed by atoms with Crippen LogP contribution in [0.4, 0.5) is 0 Å². The van der Waals surface area contributed by atoms with E-state index in [2.05, 4.69) is 25.3 Å². The van der Waals surface area contributed by atoms with Crippen LogP contribution in [0.1, 0.15) is 15.9 Å². The molecule has 1 aromatic carbocycles. The van der Waals surface area contributed by atoms with Crippen molar-refractivity contribution in [3.8, 4) is 0 Å². The van der Waals surface area contributed by atoms with Gasteiger partial charge in [0, 0.05) is 0 Å². The van der Waals surface area contributed by atoms with Crippen molar-refractivity contribution in [3.05, 3.63) is 41.1 Å². The molecule has 0 radical (unpaired) electrons. The average molecular weight is 234 g/mol. The van der Waals surface area contributed by atoms with Gasteiger partial charge in [-0.1, -0.05) is 49.6 Å². The largest absolute Gasteiger partial charge is 0.465 e. The van der Waals surface area contributed by atoms with Crippen LogP contribution >= 0.6 is 0 Å². The standard InChI is InChI=1S/C13H18O2Si/c1-15-13(14)12-8-6-5-7-11(12)9-10-16(2,3)4/h5-10H,1-4H3/b10-9+. The third-order valence-electron chi connectivity index (χ3n) is 2.13. The zero-order valence-electron chi connectivity index (χ0n) is 10.3. The summed E-state index contributed by atoms with van der Waals surface area (Å²) in [6, 6.07) is 7.49. The molecule has 16 heavy (non-hydrogen) atoms. The van der Waals surface area contributed by atoms with Crippen molar-refractivity contribution in [1.82, 2.24) is 0 Å². The molecule has 0 saturated heterocycles. The highest BCUT2D eigenvalue weighted by atomic mass is 28.3. The van der Waals surface area contributed by atoms with Gasteiger partial charge in [0.25, 0.3) is 0 Å². The number of methoxy groups -OCH3 is 1. The maximum absolute atomic E-state index is 11.5. The van der Waals surface area contributed by atoms with Gasteiger partial charge in [0.05, 0.1) is 20.7 Å². The number of esters is 1. The van der Waals surface area contributed by atoms with E-state index in [1.807, 2.05) is 24.3 Å². The molecule has 0 spiro atoms. The fourth-order valence-electron chi connectivity index (χ4n) is 1.28. The van der Waals surface area contributed by atoms with Gasteiger partial charge in [-0.3, -0.25) is 0 Å². The molecule has 0 atom stereocenters. The van der Waals surface area contributed by atoms with Crippen LogP contribution < -0.4 is 0 Å². The Morgan fingerprint density at radius 2 is 1.88 bits per heavy atom. The first-order chi connectivity index (χ1) is 7.44. The number of rotatable bonds is 3. The third-order valence-corrected chi connectivity index (χ3v) is 3.30. The minimum Gasteiger partial charge on any atom is -0.465 e. The van der Waals surface area contributed by atoms with Crippen LogP contribution in [0.3, 0.4) is 0 Å². The van der Waals surface area contributed by atoms with Crippen molar-refractivity contribution in [1.29, 1.82) is 0 Å². The van der Waals surface area contributed by atoms with Crippen molar-refractivity contribution in [2.75, 3.05) is 7.11 Å². The van der Waals surface area contributed by atoms with Gasteiger partial charge in [0.2, 0.25) is 0 Å². The van der Waals surface area contributed by atoms with Gasteiger partial charge in [0.1, 0.15) is 0 Å². The Kier molecular flexibility index (Phi) is 4.07. The molecular weight excluding hydrogens is 216 g/mol. The molecule has 1 aromatic rings. The summed E-state index contributed by atoms with van der Waals surface area (Å²) < 4.78 is 4.75. The molecule has 0 saturated carbocycles. The number of ether oxygens (including phenoxy) is 1. The Balaban J connectivity index is 3.05. The summed E-state index contributed by atoms with van der Waals surface area (Å²) in [5, 5.41) is 0. The molecule has 0 unspecified atom stereocenters. The second-order valence-corrected chi connectivity index (χ2v) is 9.84. The Morgan fingerprint density at radius 3 is 2.44 bits per heavy atom. The molecule has 0 bridgehead atoms. The minimum atomic E-state index is -1.24. The van der Waals surface area contributed by atoms with E-state index in [0.717, 1.165) is 5.56 Å². The van der Waals surface area contributed by atoms with E-state index >= 15 is 0 Å². The molecule has 0 aliphatic heterocycles. The van der Waals surface area contributed by atoms with Crippen molar-refractivity contribution in [3.63, 3.8) is 0 Å². The van der Waals surface area contributed by atoms with Gasteiger partial charge < -0.3 is 4.74 Å². The van der Waals surface area contributed by atoms with Gasteiger partial charge >= 0.3 is 5.97 Å². The summed E-state index contributed by atoms with van der Waals surface area (Å²) in [6.07, 6.45) is 2.03. The van der Waals surface area contributed by atoms with Crippen LogP contribution in [0.15, 0.2) is 30.0 Å². The van der Waals surface area contributed by atoms with E-state index in [-0.39, 0.29) is 5.97 Å². The summed E-state index contributed by atoms with van der Waals surface area (Å²) >= 11 is 0. The predicted molar refractivity (Wildman–Crippen MR) is 70.2 cm³/mol. The quantitative estimate of drug-likeness (QED) is 0.592. The predicted octanol–water partition coefficient (Wildman–Crippen LogP) is 3.36. The van der Waals surface area contributed by atoms with Crippen molar-refractivity contribution in [2.24, 2.45) is 0 Å². The van der Waals surface area contributed by atoms with E-state index < -0.39 is 8.07 Å². The highest BCUT2D eigenvalue weighted by Crippen LogP contribution is 2.14. The van der Waals surface area contributed by atoms with Crippen LogP contribution in [-0.4, -0.2) is 21.2 Å². The molecular formula is C13H18O2Si. The zero-order chi connectivity index (χ0) is 12.2. The maximum atomic E-state index is 11.5. The lowest BCUT2D eigenvalue weighted by molar-refractivity contribution is 0.0600. The monoisotopic (exact) mass is 234 g/mol. The second kappa shape index (κ2) is 5.12. The van der Waals surface area contributed by atoms with Gasteiger partial charge in [0.15, 0.2) is 0 Å². The zero-order valence-corrected chi connectivity index (χ0v) is 11.3. The first-order valence-corrected chi connectivity index (χ1v) is 8.88. The maximum Gasteiger partial charge on any atom is 0.338 e. The van der Waals surface area contributed by atoms with E-state index in [4.69, 9.17) is 4.74 Å². The molecule has 0 fully saturated rings. The molecule has 0 aliphatic rings. The normalized spacial score (nSPS) is 11.8. The SMILES string of the molecule is COC(=O)c1ccccc1/C=C/[Si](C)(C)C. The van der Waals surface area contributed by atoms with E-state index in [1.165, 1.54) is 7.11 Å². The summed E-state index contributed by atoms with van der Waals surface area (Å²) in [5.74, 6) is -0.282. The van der Waals surface area contributed by atoms with Gasteiger partial charge in [-0.15, -0.1) is 0 Å². The highest BCUT2D eigenvalue weighted by Gasteiger charge is 2.11. The summed E-state index contributed by atoms with van der Waals surface area (Å²) in [4.78, 5) is 11.5. The lowest BCUT2D eigenvalue weighted by atomic mass is 10.1. The molecule has 0 aromatic heterocycles. The lowest BCUT2D eigenvalue weighted by Crippen LogP contribution is -2.15. The summed E-state index contributed by atoms with van der Waals surface area (Å²) in [5.41, 5.74) is 3.77. The topological polar surface area (TPSA) is 26.3 Å². The molecule has 3 heteroatoms. The van der Waals surface area contributed by atoms with Crippen LogP contribution in [0.5, 0.6) is 0 Å². The van der Waals surface area contributed by atoms with Gasteiger partial charge in [-0.05, 0) is 11.6 Å². The highest BCUT2D eigenvalue weighted by molar-refractivity contribution is 6.81. The second-order valence-electron chi connectivity index (χ2n) is 4.78. The third kappa shape index (κ3) is 3.66. The van der Waals surface area contributed by atoms with E-state index in [9.17, 15) is 4.79 Å². The number of hydrogen-bond donors (Lipinski definition) is 0. The first kappa shape index (κ1) is 12.7. The molecule has 0 amide bonds. The Bertz CT molecular complexity index is 403. The Labute approximate surface area is 98.0 Å². The van der Waals surface area contributed by atoms with Gasteiger partial charge in [-0.25, -0.2) is 4.79 Å². The van der Waals surface area contributed by atoms with E-state index in [0.29, 0.717) is 5.56 Å². The van der Waals surface area contributed by atoms with E-state index in [1.54, 1.807) is 6.07 Å². The number of carbonyl (C=O) groups is 1. The fourth-order valence-corrected chi connectivity index (χ4v) is 1.96. The molecule has 1 rings (SSSR count). The van der Waals surface area contributed by atoms with Crippen LogP contribution in [0, 0.1) is 0 Å².